The van der Waals surface area contributed by atoms with E-state index in [0.717, 1.165) is 44.9 Å². The van der Waals surface area contributed by atoms with Crippen molar-refractivity contribution in [3.8, 4) is 0 Å². The van der Waals surface area contributed by atoms with E-state index in [1.165, 1.54) is 0 Å². The number of hydrogen-bond acceptors (Lipinski definition) is 4. The fourth-order valence-corrected chi connectivity index (χ4v) is 1.85. The Morgan fingerprint density at radius 2 is 1.62 bits per heavy atom. The molecule has 0 radical (unpaired) electrons. The fourth-order valence-electron chi connectivity index (χ4n) is 1.71. The summed E-state index contributed by atoms with van der Waals surface area (Å²) in [6.07, 6.45) is 1.78. The molecule has 4 nitrogen and oxygen atoms in total. The predicted molar refractivity (Wildman–Crippen MR) is 70.4 cm³/mol. The minimum atomic E-state index is 0.628. The Morgan fingerprint density at radius 1 is 1.00 bits per heavy atom. The minimum Gasteiger partial charge on any atom is -0.356 e. The van der Waals surface area contributed by atoms with E-state index in [1.807, 2.05) is 13.8 Å². The number of rotatable bonds is 0. The van der Waals surface area contributed by atoms with Crippen molar-refractivity contribution in [2.24, 2.45) is 10.2 Å². The lowest BCUT2D eigenvalue weighted by molar-refractivity contribution is 0.213. The largest absolute Gasteiger partial charge is 0.356 e. The Morgan fingerprint density at radius 3 is 2.12 bits per heavy atom. The zero-order chi connectivity index (χ0) is 12.0. The van der Waals surface area contributed by atoms with Crippen molar-refractivity contribution in [2.75, 3.05) is 33.2 Å². The van der Waals surface area contributed by atoms with Crippen LogP contribution in [0.25, 0.3) is 0 Å². The summed E-state index contributed by atoms with van der Waals surface area (Å²) in [4.78, 5) is 4.64. The summed E-state index contributed by atoms with van der Waals surface area (Å²) in [6.45, 7) is 8.33. The van der Waals surface area contributed by atoms with Gasteiger partial charge in [-0.1, -0.05) is 25.4 Å². The quantitative estimate of drug-likeness (QED) is 0.653. The van der Waals surface area contributed by atoms with E-state index in [4.69, 9.17) is 11.6 Å². The van der Waals surface area contributed by atoms with E-state index in [2.05, 4.69) is 27.1 Å². The van der Waals surface area contributed by atoms with Gasteiger partial charge >= 0.3 is 0 Å². The maximum Gasteiger partial charge on any atom is 0.129 e. The van der Waals surface area contributed by atoms with Crippen molar-refractivity contribution >= 4 is 22.6 Å². The zero-order valence-corrected chi connectivity index (χ0v) is 11.2. The summed E-state index contributed by atoms with van der Waals surface area (Å²) in [5.74, 6) is 1.10. The highest BCUT2D eigenvalue weighted by atomic mass is 35.5. The Hall–Kier alpha value is -0.610. The summed E-state index contributed by atoms with van der Waals surface area (Å²) >= 11 is 5.76. The first kappa shape index (κ1) is 13.5. The molecule has 0 atom stereocenters. The van der Waals surface area contributed by atoms with Crippen LogP contribution < -0.4 is 0 Å². The van der Waals surface area contributed by atoms with E-state index in [-0.39, 0.29) is 0 Å². The molecule has 0 aromatic heterocycles. The number of nitrogens with zero attached hydrogens (tertiary/aromatic N) is 4. The van der Waals surface area contributed by atoms with Crippen molar-refractivity contribution in [3.05, 3.63) is 0 Å². The van der Waals surface area contributed by atoms with Gasteiger partial charge in [0.2, 0.25) is 0 Å². The molecule has 0 aliphatic carbocycles. The van der Waals surface area contributed by atoms with Crippen molar-refractivity contribution < 1.29 is 0 Å². The number of halogens is 1. The highest BCUT2D eigenvalue weighted by Gasteiger charge is 2.19. The standard InChI is InChI=1S/C9H15ClN4.C2H6/c1-13-4-6-14(7-5-13)9-3-2-8(10)11-12-9;1-2/h2-7H2,1H3;1-2H3. The molecule has 5 heteroatoms. The number of amidine groups is 1. The molecule has 1 saturated heterocycles. The molecule has 0 amide bonds. The lowest BCUT2D eigenvalue weighted by Crippen LogP contribution is -2.47. The molecule has 0 saturated carbocycles. The summed E-state index contributed by atoms with van der Waals surface area (Å²) in [5, 5.41) is 8.69. The average molecular weight is 245 g/mol. The molecule has 0 N–H and O–H groups in total. The molecular weight excluding hydrogens is 224 g/mol. The molecule has 0 aromatic carbocycles. The first-order valence-corrected chi connectivity index (χ1v) is 6.36. The van der Waals surface area contributed by atoms with E-state index in [1.54, 1.807) is 0 Å². The van der Waals surface area contributed by atoms with Gasteiger partial charge in [-0.3, -0.25) is 0 Å². The Balaban J connectivity index is 0.000000606. The van der Waals surface area contributed by atoms with Gasteiger partial charge in [-0.25, -0.2) is 0 Å². The molecule has 0 spiro atoms. The lowest BCUT2D eigenvalue weighted by Gasteiger charge is -2.34. The number of hydrogen-bond donors (Lipinski definition) is 0. The molecule has 2 aliphatic rings. The van der Waals surface area contributed by atoms with E-state index in [0.29, 0.717) is 5.17 Å². The molecule has 1 fully saturated rings. The second-order valence-corrected chi connectivity index (χ2v) is 4.22. The first-order valence-electron chi connectivity index (χ1n) is 5.98. The maximum absolute atomic E-state index is 5.76. The molecule has 2 aliphatic heterocycles. The van der Waals surface area contributed by atoms with Crippen LogP contribution in [0.2, 0.25) is 0 Å². The van der Waals surface area contributed by atoms with Gasteiger partial charge in [0.15, 0.2) is 0 Å². The second-order valence-electron chi connectivity index (χ2n) is 3.78. The minimum absolute atomic E-state index is 0.628. The van der Waals surface area contributed by atoms with Gasteiger partial charge in [0.05, 0.1) is 0 Å². The van der Waals surface area contributed by atoms with Gasteiger partial charge in [-0.15, -0.1) is 10.2 Å². The Bertz CT molecular complexity index is 267. The summed E-state index contributed by atoms with van der Waals surface area (Å²) in [6, 6.07) is 0. The summed E-state index contributed by atoms with van der Waals surface area (Å²) in [5.41, 5.74) is 0. The van der Waals surface area contributed by atoms with Crippen molar-refractivity contribution in [1.29, 1.82) is 0 Å². The van der Waals surface area contributed by atoms with E-state index < -0.39 is 0 Å². The van der Waals surface area contributed by atoms with Gasteiger partial charge in [-0.05, 0) is 7.05 Å². The maximum atomic E-state index is 5.76. The topological polar surface area (TPSA) is 31.2 Å². The smallest absolute Gasteiger partial charge is 0.129 e. The van der Waals surface area contributed by atoms with Gasteiger partial charge in [0.1, 0.15) is 11.0 Å². The molecule has 2 rings (SSSR count). The van der Waals surface area contributed by atoms with Gasteiger partial charge < -0.3 is 9.80 Å². The summed E-state index contributed by atoms with van der Waals surface area (Å²) in [7, 11) is 2.15. The lowest BCUT2D eigenvalue weighted by atomic mass is 10.2. The first-order chi connectivity index (χ1) is 7.75. The molecule has 0 bridgehead atoms. The highest BCUT2D eigenvalue weighted by Crippen LogP contribution is 2.12. The highest BCUT2D eigenvalue weighted by molar-refractivity contribution is 6.65. The average Bonchev–Trinajstić information content (AvgIpc) is 2.34. The van der Waals surface area contributed by atoms with Crippen LogP contribution in [0, 0.1) is 0 Å². The molecule has 92 valence electrons. The monoisotopic (exact) mass is 244 g/mol. The van der Waals surface area contributed by atoms with Crippen LogP contribution in [0.1, 0.15) is 26.7 Å². The van der Waals surface area contributed by atoms with Crippen LogP contribution in [0.5, 0.6) is 0 Å². The van der Waals surface area contributed by atoms with Crippen LogP contribution in [0.4, 0.5) is 0 Å². The Labute approximate surface area is 103 Å². The van der Waals surface area contributed by atoms with Crippen LogP contribution in [0.3, 0.4) is 0 Å². The van der Waals surface area contributed by atoms with Crippen molar-refractivity contribution in [2.45, 2.75) is 26.7 Å². The van der Waals surface area contributed by atoms with E-state index >= 15 is 0 Å². The third kappa shape index (κ3) is 3.76. The van der Waals surface area contributed by atoms with Crippen LogP contribution >= 0.6 is 11.6 Å². The molecule has 0 aromatic rings. The van der Waals surface area contributed by atoms with Gasteiger partial charge in [0.25, 0.3) is 0 Å². The van der Waals surface area contributed by atoms with Gasteiger partial charge in [0, 0.05) is 39.0 Å². The van der Waals surface area contributed by atoms with Gasteiger partial charge in [-0.2, -0.15) is 0 Å². The van der Waals surface area contributed by atoms with Crippen LogP contribution in [-0.4, -0.2) is 54.0 Å². The van der Waals surface area contributed by atoms with Crippen LogP contribution in [0.15, 0.2) is 10.2 Å². The molecular formula is C11H21ClN4. The van der Waals surface area contributed by atoms with E-state index in [9.17, 15) is 0 Å². The zero-order valence-electron chi connectivity index (χ0n) is 10.4. The third-order valence-electron chi connectivity index (χ3n) is 2.70. The van der Waals surface area contributed by atoms with Crippen molar-refractivity contribution in [3.63, 3.8) is 0 Å². The fraction of sp³-hybridized carbons (Fsp3) is 0.818. The molecule has 0 unspecified atom stereocenters. The second kappa shape index (κ2) is 6.86. The predicted octanol–water partition coefficient (Wildman–Crippen LogP) is 2.00. The normalized spacial score (nSPS) is 21.9. The summed E-state index contributed by atoms with van der Waals surface area (Å²) < 4.78 is 0. The number of likely N-dealkylation sites (N-methyl/N-ethyl adjacent to an activating group) is 1. The number of piperazine rings is 1. The molecule has 2 heterocycles. The molecule has 16 heavy (non-hydrogen) atoms. The third-order valence-corrected chi connectivity index (χ3v) is 2.96. The SMILES string of the molecule is CC.CN1CCN(C2=NN=C(Cl)CC2)CC1. The van der Waals surface area contributed by atoms with Crippen molar-refractivity contribution in [1.82, 2.24) is 9.80 Å². The Kier molecular flexibility index (Phi) is 5.77. The van der Waals surface area contributed by atoms with Crippen LogP contribution in [-0.2, 0) is 0 Å².